The molecule has 2 N–H and O–H groups in total. The molecule has 1 aliphatic heterocycles. The molecule has 2 heterocycles. The summed E-state index contributed by atoms with van der Waals surface area (Å²) in [5, 5.41) is 15.3. The number of para-hydroxylation sites is 1. The highest BCUT2D eigenvalue weighted by molar-refractivity contribution is 7.92. The summed E-state index contributed by atoms with van der Waals surface area (Å²) in [7, 11) is -3.80. The van der Waals surface area contributed by atoms with Crippen LogP contribution in [0.2, 0.25) is 0 Å². The lowest BCUT2D eigenvalue weighted by Gasteiger charge is -2.18. The highest BCUT2D eigenvalue weighted by Gasteiger charge is 2.39. The van der Waals surface area contributed by atoms with Crippen LogP contribution in [0, 0.1) is 0 Å². The molecule has 0 saturated heterocycles. The van der Waals surface area contributed by atoms with Crippen molar-refractivity contribution in [3.63, 3.8) is 0 Å². The second-order valence-corrected chi connectivity index (χ2v) is 6.28. The summed E-state index contributed by atoms with van der Waals surface area (Å²) in [4.78, 5) is 11.3. The molecule has 0 unspecified atom stereocenters. The van der Waals surface area contributed by atoms with Crippen LogP contribution in [0.25, 0.3) is 0 Å². The first-order chi connectivity index (χ1) is 9.51. The van der Waals surface area contributed by atoms with E-state index in [4.69, 9.17) is 0 Å². The van der Waals surface area contributed by atoms with E-state index in [2.05, 4.69) is 10.2 Å². The number of benzene rings is 1. The number of H-pyrrole nitrogens is 1. The van der Waals surface area contributed by atoms with E-state index in [1.54, 1.807) is 24.3 Å². The molecule has 3 rings (SSSR count). The maximum absolute atomic E-state index is 12.5. The molecule has 0 spiro atoms. The maximum atomic E-state index is 12.5. The van der Waals surface area contributed by atoms with Gasteiger partial charge in [-0.1, -0.05) is 18.2 Å². The van der Waals surface area contributed by atoms with E-state index >= 15 is 0 Å². The predicted molar refractivity (Wildman–Crippen MR) is 69.9 cm³/mol. The van der Waals surface area contributed by atoms with Crippen molar-refractivity contribution in [3.05, 3.63) is 42.2 Å². The van der Waals surface area contributed by atoms with Gasteiger partial charge in [-0.3, -0.25) is 14.2 Å². The van der Waals surface area contributed by atoms with Crippen molar-refractivity contribution in [1.82, 2.24) is 10.2 Å². The first-order valence-electron chi connectivity index (χ1n) is 5.85. The largest absolute Gasteiger partial charge is 0.481 e. The fraction of sp³-hybridized carbons (Fsp3) is 0.167. The molecule has 7 nitrogen and oxygen atoms in total. The van der Waals surface area contributed by atoms with Gasteiger partial charge in [0.25, 0.3) is 10.0 Å². The normalized spacial score (nSPS) is 18.0. The van der Waals surface area contributed by atoms with Crippen LogP contribution in [0.1, 0.15) is 11.5 Å². The molecule has 1 aromatic carbocycles. The van der Waals surface area contributed by atoms with Gasteiger partial charge in [-0.2, -0.15) is 5.10 Å². The number of rotatable bonds is 3. The molecule has 1 atom stereocenters. The number of sulfonamides is 1. The van der Waals surface area contributed by atoms with Gasteiger partial charge in [-0.25, -0.2) is 8.42 Å². The first kappa shape index (κ1) is 12.7. The summed E-state index contributed by atoms with van der Waals surface area (Å²) in [5.41, 5.74) is 0.910. The van der Waals surface area contributed by atoms with Crippen LogP contribution in [0.5, 0.6) is 0 Å². The number of carbonyl (C=O) groups is 1. The van der Waals surface area contributed by atoms with E-state index in [-0.39, 0.29) is 11.4 Å². The Morgan fingerprint density at radius 2 is 2.15 bits per heavy atom. The number of anilines is 1. The number of carboxylic acid groups (broad SMARTS) is 1. The summed E-state index contributed by atoms with van der Waals surface area (Å²) in [6.07, 6.45) is 2.47. The van der Waals surface area contributed by atoms with E-state index < -0.39 is 21.9 Å². The van der Waals surface area contributed by atoms with Crippen molar-refractivity contribution in [2.45, 2.75) is 10.8 Å². The van der Waals surface area contributed by atoms with Crippen LogP contribution < -0.4 is 4.31 Å². The van der Waals surface area contributed by atoms with Crippen molar-refractivity contribution in [1.29, 1.82) is 0 Å². The molecule has 2 aromatic rings. The smallest absolute Gasteiger partial charge is 0.312 e. The molecule has 0 bridgehead atoms. The van der Waals surface area contributed by atoms with Gasteiger partial charge in [0, 0.05) is 6.20 Å². The first-order valence-corrected chi connectivity index (χ1v) is 7.29. The van der Waals surface area contributed by atoms with Gasteiger partial charge in [0.15, 0.2) is 0 Å². The Morgan fingerprint density at radius 3 is 2.80 bits per heavy atom. The Balaban J connectivity index is 2.12. The molecule has 0 fully saturated rings. The van der Waals surface area contributed by atoms with Gasteiger partial charge in [-0.15, -0.1) is 0 Å². The summed E-state index contributed by atoms with van der Waals surface area (Å²) >= 11 is 0. The van der Waals surface area contributed by atoms with Crippen molar-refractivity contribution in [2.24, 2.45) is 0 Å². The molecular weight excluding hydrogens is 282 g/mol. The molecule has 8 heteroatoms. The molecule has 20 heavy (non-hydrogen) atoms. The summed E-state index contributed by atoms with van der Waals surface area (Å²) < 4.78 is 26.1. The molecule has 104 valence electrons. The Kier molecular flexibility index (Phi) is 2.75. The Labute approximate surface area is 114 Å². The maximum Gasteiger partial charge on any atom is 0.312 e. The minimum Gasteiger partial charge on any atom is -0.481 e. The molecule has 0 radical (unpaired) electrons. The van der Waals surface area contributed by atoms with Gasteiger partial charge in [0.05, 0.1) is 18.4 Å². The third kappa shape index (κ3) is 1.76. The lowest BCUT2D eigenvalue weighted by Crippen LogP contribution is -2.31. The van der Waals surface area contributed by atoms with E-state index in [0.29, 0.717) is 11.3 Å². The van der Waals surface area contributed by atoms with Crippen LogP contribution in [-0.2, 0) is 14.8 Å². The van der Waals surface area contributed by atoms with Crippen LogP contribution in [0.3, 0.4) is 0 Å². The number of aliphatic carboxylic acids is 1. The number of carboxylic acids is 1. The average molecular weight is 293 g/mol. The van der Waals surface area contributed by atoms with E-state index in [1.807, 2.05) is 0 Å². The van der Waals surface area contributed by atoms with Gasteiger partial charge < -0.3 is 5.11 Å². The summed E-state index contributed by atoms with van der Waals surface area (Å²) in [6.45, 7) is -0.109. The van der Waals surface area contributed by atoms with E-state index in [1.165, 1.54) is 12.4 Å². The highest BCUT2D eigenvalue weighted by Crippen LogP contribution is 2.39. The second-order valence-electron chi connectivity index (χ2n) is 4.42. The number of fused-ring (bicyclic) bond motifs is 1. The molecule has 1 aliphatic rings. The molecule has 0 saturated carbocycles. The van der Waals surface area contributed by atoms with Crippen LogP contribution in [0.4, 0.5) is 5.69 Å². The SMILES string of the molecule is O=C(O)[C@@H]1CN(S(=O)(=O)c2cn[nH]c2)c2ccccc21. The van der Waals surface area contributed by atoms with Crippen molar-refractivity contribution < 1.29 is 18.3 Å². The van der Waals surface area contributed by atoms with Gasteiger partial charge in [-0.05, 0) is 11.6 Å². The standard InChI is InChI=1S/C12H11N3O4S/c16-12(17)10-7-15(11-4-2-1-3-9(10)11)20(18,19)8-5-13-14-6-8/h1-6,10H,7H2,(H,13,14)(H,16,17)/t10-/m1/s1. The third-order valence-electron chi connectivity index (χ3n) is 3.29. The summed E-state index contributed by atoms with van der Waals surface area (Å²) in [6, 6.07) is 6.62. The van der Waals surface area contributed by atoms with Crippen LogP contribution >= 0.6 is 0 Å². The highest BCUT2D eigenvalue weighted by atomic mass is 32.2. The van der Waals surface area contributed by atoms with Crippen molar-refractivity contribution in [2.75, 3.05) is 10.8 Å². The zero-order valence-electron chi connectivity index (χ0n) is 10.2. The number of aromatic nitrogens is 2. The zero-order valence-corrected chi connectivity index (χ0v) is 11.0. The Hall–Kier alpha value is -2.35. The van der Waals surface area contributed by atoms with Gasteiger partial charge >= 0.3 is 5.97 Å². The van der Waals surface area contributed by atoms with Gasteiger partial charge in [0.2, 0.25) is 0 Å². The fourth-order valence-electron chi connectivity index (χ4n) is 2.32. The van der Waals surface area contributed by atoms with Crippen molar-refractivity contribution in [3.8, 4) is 0 Å². The molecule has 0 amide bonds. The van der Waals surface area contributed by atoms with Crippen molar-refractivity contribution >= 4 is 21.7 Å². The predicted octanol–water partition coefficient (Wildman–Crippen LogP) is 0.787. The minimum absolute atomic E-state index is 0.0124. The van der Waals surface area contributed by atoms with Gasteiger partial charge in [0.1, 0.15) is 10.8 Å². The fourth-order valence-corrected chi connectivity index (χ4v) is 3.73. The minimum atomic E-state index is -3.80. The Morgan fingerprint density at radius 1 is 1.40 bits per heavy atom. The second kappa shape index (κ2) is 4.34. The number of hydrogen-bond acceptors (Lipinski definition) is 4. The number of nitrogens with one attached hydrogen (secondary N) is 1. The monoisotopic (exact) mass is 293 g/mol. The number of hydrogen-bond donors (Lipinski definition) is 2. The van der Waals surface area contributed by atoms with Crippen LogP contribution in [-0.4, -0.2) is 36.2 Å². The van der Waals surface area contributed by atoms with E-state index in [0.717, 1.165) is 4.31 Å². The zero-order chi connectivity index (χ0) is 14.3. The number of nitrogens with zero attached hydrogens (tertiary/aromatic N) is 2. The molecule has 1 aromatic heterocycles. The average Bonchev–Trinajstić information content (AvgIpc) is 3.07. The van der Waals surface area contributed by atoms with Crippen LogP contribution in [0.15, 0.2) is 41.6 Å². The van der Waals surface area contributed by atoms with E-state index in [9.17, 15) is 18.3 Å². The molecule has 0 aliphatic carbocycles. The summed E-state index contributed by atoms with van der Waals surface area (Å²) in [5.74, 6) is -1.89. The quantitative estimate of drug-likeness (QED) is 0.870. The Bertz CT molecular complexity index is 755. The third-order valence-corrected chi connectivity index (χ3v) is 5.03. The lowest BCUT2D eigenvalue weighted by atomic mass is 10.0. The topological polar surface area (TPSA) is 103 Å². The number of aromatic amines is 1. The molecular formula is C12H11N3O4S. The lowest BCUT2D eigenvalue weighted by molar-refractivity contribution is -0.138.